The van der Waals surface area contributed by atoms with E-state index in [2.05, 4.69) is 5.32 Å². The molecule has 1 aromatic carbocycles. The number of carbonyl (C=O) groups is 1. The summed E-state index contributed by atoms with van der Waals surface area (Å²) in [5.41, 5.74) is 1.56. The maximum absolute atomic E-state index is 12.7. The van der Waals surface area contributed by atoms with Gasteiger partial charge in [-0.15, -0.1) is 0 Å². The molecule has 25 heavy (non-hydrogen) atoms. The first-order valence-electron chi connectivity index (χ1n) is 8.07. The van der Waals surface area contributed by atoms with Gasteiger partial charge in [-0.05, 0) is 59.9 Å². The van der Waals surface area contributed by atoms with E-state index in [4.69, 9.17) is 11.6 Å². The molecule has 0 spiro atoms. The van der Waals surface area contributed by atoms with Gasteiger partial charge in [-0.3, -0.25) is 4.79 Å². The number of sulfonamides is 1. The van der Waals surface area contributed by atoms with Crippen molar-refractivity contribution >= 4 is 44.6 Å². The number of hydrogen-bond donors (Lipinski definition) is 1. The molecule has 0 radical (unpaired) electrons. The fraction of sp³-hybridized carbons (Fsp3) is 0.353. The van der Waals surface area contributed by atoms with E-state index >= 15 is 0 Å². The van der Waals surface area contributed by atoms with E-state index in [0.29, 0.717) is 31.6 Å². The zero-order chi connectivity index (χ0) is 17.9. The number of thiophene rings is 1. The Morgan fingerprint density at radius 1 is 1.24 bits per heavy atom. The first-order chi connectivity index (χ1) is 12.0. The van der Waals surface area contributed by atoms with Crippen LogP contribution in [0.1, 0.15) is 24.8 Å². The Balaban J connectivity index is 1.71. The first kappa shape index (κ1) is 18.4. The van der Waals surface area contributed by atoms with Gasteiger partial charge in [0.2, 0.25) is 15.9 Å². The van der Waals surface area contributed by atoms with Gasteiger partial charge in [0.25, 0.3) is 0 Å². The number of amides is 1. The monoisotopic (exact) mass is 398 g/mol. The zero-order valence-corrected chi connectivity index (χ0v) is 16.0. The normalized spacial score (nSPS) is 15.4. The topological polar surface area (TPSA) is 66.5 Å². The van der Waals surface area contributed by atoms with Crippen molar-refractivity contribution < 1.29 is 13.2 Å². The van der Waals surface area contributed by atoms with Gasteiger partial charge in [0.1, 0.15) is 4.90 Å². The number of anilines is 1. The molecule has 0 atom stereocenters. The number of hydrogen-bond acceptors (Lipinski definition) is 4. The molecule has 0 aliphatic carbocycles. The van der Waals surface area contributed by atoms with Crippen LogP contribution in [-0.4, -0.2) is 31.7 Å². The van der Waals surface area contributed by atoms with Crippen molar-refractivity contribution in [1.29, 1.82) is 0 Å². The molecule has 1 saturated heterocycles. The lowest BCUT2D eigenvalue weighted by molar-refractivity contribution is -0.116. The summed E-state index contributed by atoms with van der Waals surface area (Å²) < 4.78 is 26.8. The molecule has 0 bridgehead atoms. The van der Waals surface area contributed by atoms with Crippen LogP contribution in [0, 0.1) is 0 Å². The highest BCUT2D eigenvalue weighted by Gasteiger charge is 2.29. The first-order valence-corrected chi connectivity index (χ1v) is 10.8. The van der Waals surface area contributed by atoms with Crippen LogP contribution in [0.2, 0.25) is 5.02 Å². The zero-order valence-electron chi connectivity index (χ0n) is 13.6. The number of aryl methyl sites for hydroxylation is 1. The molecule has 0 saturated carbocycles. The third kappa shape index (κ3) is 4.41. The van der Waals surface area contributed by atoms with Gasteiger partial charge in [0.15, 0.2) is 0 Å². The summed E-state index contributed by atoms with van der Waals surface area (Å²) in [5.74, 6) is -0.155. The predicted octanol–water partition coefficient (Wildman–Crippen LogP) is 3.76. The van der Waals surface area contributed by atoms with Crippen LogP contribution in [-0.2, 0) is 21.2 Å². The van der Waals surface area contributed by atoms with E-state index in [1.807, 2.05) is 16.8 Å². The summed E-state index contributed by atoms with van der Waals surface area (Å²) >= 11 is 7.70. The third-order valence-corrected chi connectivity index (χ3v) is 7.23. The quantitative estimate of drug-likeness (QED) is 0.805. The van der Waals surface area contributed by atoms with Crippen molar-refractivity contribution in [1.82, 2.24) is 4.31 Å². The van der Waals surface area contributed by atoms with Gasteiger partial charge < -0.3 is 5.32 Å². The van der Waals surface area contributed by atoms with E-state index in [0.717, 1.165) is 18.4 Å². The smallest absolute Gasteiger partial charge is 0.244 e. The SMILES string of the molecule is O=C(CCc1ccsc1)Nc1ccc(Cl)c(S(=O)(=O)N2CCCC2)c1. The van der Waals surface area contributed by atoms with Crippen LogP contribution in [0.4, 0.5) is 5.69 Å². The fourth-order valence-corrected chi connectivity index (χ4v) is 5.48. The molecule has 1 N–H and O–H groups in total. The minimum absolute atomic E-state index is 0.0479. The molecule has 1 aliphatic rings. The van der Waals surface area contributed by atoms with Gasteiger partial charge in [-0.25, -0.2) is 8.42 Å². The summed E-state index contributed by atoms with van der Waals surface area (Å²) in [4.78, 5) is 12.2. The molecule has 2 aromatic rings. The summed E-state index contributed by atoms with van der Waals surface area (Å²) in [5, 5.41) is 6.91. The number of benzene rings is 1. The van der Waals surface area contributed by atoms with E-state index in [-0.39, 0.29) is 15.8 Å². The summed E-state index contributed by atoms with van der Waals surface area (Å²) in [6.07, 6.45) is 2.71. The highest BCUT2D eigenvalue weighted by Crippen LogP contribution is 2.29. The summed E-state index contributed by atoms with van der Waals surface area (Å²) in [6, 6.07) is 6.56. The Morgan fingerprint density at radius 2 is 2.00 bits per heavy atom. The Bertz CT molecular complexity index is 845. The number of carbonyl (C=O) groups excluding carboxylic acids is 1. The predicted molar refractivity (Wildman–Crippen MR) is 101 cm³/mol. The Hall–Kier alpha value is -1.41. The van der Waals surface area contributed by atoms with Crippen molar-refractivity contribution in [3.63, 3.8) is 0 Å². The molecular weight excluding hydrogens is 380 g/mol. The van der Waals surface area contributed by atoms with E-state index in [1.54, 1.807) is 17.4 Å². The van der Waals surface area contributed by atoms with Crippen molar-refractivity contribution in [2.24, 2.45) is 0 Å². The number of halogens is 1. The van der Waals surface area contributed by atoms with Crippen molar-refractivity contribution in [2.75, 3.05) is 18.4 Å². The largest absolute Gasteiger partial charge is 0.326 e. The van der Waals surface area contributed by atoms with Crippen molar-refractivity contribution in [2.45, 2.75) is 30.6 Å². The second-order valence-electron chi connectivity index (χ2n) is 5.94. The van der Waals surface area contributed by atoms with Crippen molar-refractivity contribution in [3.8, 4) is 0 Å². The van der Waals surface area contributed by atoms with Crippen LogP contribution in [0.5, 0.6) is 0 Å². The highest BCUT2D eigenvalue weighted by atomic mass is 35.5. The van der Waals surface area contributed by atoms with Gasteiger partial charge in [0.05, 0.1) is 5.02 Å². The molecule has 1 amide bonds. The molecule has 0 unspecified atom stereocenters. The Morgan fingerprint density at radius 3 is 2.68 bits per heavy atom. The lowest BCUT2D eigenvalue weighted by atomic mass is 10.2. The fourth-order valence-electron chi connectivity index (χ4n) is 2.76. The van der Waals surface area contributed by atoms with E-state index < -0.39 is 10.0 Å². The molecule has 1 fully saturated rings. The molecule has 5 nitrogen and oxygen atoms in total. The summed E-state index contributed by atoms with van der Waals surface area (Å²) in [7, 11) is -3.62. The molecule has 2 heterocycles. The van der Waals surface area contributed by atoms with Crippen molar-refractivity contribution in [3.05, 3.63) is 45.6 Å². The molecule has 8 heteroatoms. The van der Waals surface area contributed by atoms with Gasteiger partial charge in [0, 0.05) is 25.2 Å². The molecule has 1 aromatic heterocycles. The van der Waals surface area contributed by atoms with Crippen LogP contribution in [0.25, 0.3) is 0 Å². The lowest BCUT2D eigenvalue weighted by Gasteiger charge is -2.17. The number of nitrogens with zero attached hydrogens (tertiary/aromatic N) is 1. The second kappa shape index (κ2) is 7.86. The van der Waals surface area contributed by atoms with Crippen LogP contribution >= 0.6 is 22.9 Å². The van der Waals surface area contributed by atoms with Crippen LogP contribution in [0.15, 0.2) is 39.9 Å². The van der Waals surface area contributed by atoms with Crippen LogP contribution < -0.4 is 5.32 Å². The minimum Gasteiger partial charge on any atom is -0.326 e. The van der Waals surface area contributed by atoms with Gasteiger partial charge in [-0.2, -0.15) is 15.6 Å². The van der Waals surface area contributed by atoms with E-state index in [9.17, 15) is 13.2 Å². The standard InChI is InChI=1S/C17H19ClN2O3S2/c18-15-5-4-14(19-17(21)6-3-13-7-10-24-12-13)11-16(15)25(22,23)20-8-1-2-9-20/h4-5,7,10-12H,1-3,6,8-9H2,(H,19,21). The highest BCUT2D eigenvalue weighted by molar-refractivity contribution is 7.89. The number of rotatable bonds is 6. The minimum atomic E-state index is -3.62. The maximum Gasteiger partial charge on any atom is 0.244 e. The summed E-state index contributed by atoms with van der Waals surface area (Å²) in [6.45, 7) is 1.02. The average molecular weight is 399 g/mol. The Kier molecular flexibility index (Phi) is 5.78. The molecule has 3 rings (SSSR count). The van der Waals surface area contributed by atoms with Gasteiger partial charge >= 0.3 is 0 Å². The molecular formula is C17H19ClN2O3S2. The van der Waals surface area contributed by atoms with Gasteiger partial charge in [-0.1, -0.05) is 11.6 Å². The number of nitrogens with one attached hydrogen (secondary N) is 1. The second-order valence-corrected chi connectivity index (χ2v) is 9.03. The average Bonchev–Trinajstić information content (AvgIpc) is 3.28. The lowest BCUT2D eigenvalue weighted by Crippen LogP contribution is -2.28. The van der Waals surface area contributed by atoms with Crippen LogP contribution in [0.3, 0.4) is 0 Å². The Labute approximate surface area is 156 Å². The molecule has 1 aliphatic heterocycles. The maximum atomic E-state index is 12.7. The third-order valence-electron chi connectivity index (χ3n) is 4.12. The molecule has 134 valence electrons. The van der Waals surface area contributed by atoms with E-state index in [1.165, 1.54) is 16.4 Å².